The Morgan fingerprint density at radius 2 is 2.13 bits per heavy atom. The first kappa shape index (κ1) is 10.8. The van der Waals surface area contributed by atoms with E-state index in [0.717, 1.165) is 31.6 Å². The van der Waals surface area contributed by atoms with Crippen LogP contribution >= 0.6 is 15.9 Å². The molecule has 15 heavy (non-hydrogen) atoms. The summed E-state index contributed by atoms with van der Waals surface area (Å²) in [5.41, 5.74) is 6.67. The molecule has 0 unspecified atom stereocenters. The Morgan fingerprint density at radius 3 is 2.73 bits per heavy atom. The maximum atomic E-state index is 5.61. The van der Waals surface area contributed by atoms with Gasteiger partial charge in [-0.25, -0.2) is 9.97 Å². The Kier molecular flexibility index (Phi) is 3.21. The lowest BCUT2D eigenvalue weighted by molar-refractivity contribution is 0.253. The summed E-state index contributed by atoms with van der Waals surface area (Å²) < 4.78 is 0.666. The SMILES string of the molecule is CN1CCC(c2cnc(N)c(Br)n2)CC1. The van der Waals surface area contributed by atoms with E-state index in [2.05, 4.69) is 37.8 Å². The summed E-state index contributed by atoms with van der Waals surface area (Å²) in [4.78, 5) is 10.9. The zero-order chi connectivity index (χ0) is 10.8. The molecular formula is C10H15BrN4. The summed E-state index contributed by atoms with van der Waals surface area (Å²) in [5.74, 6) is 0.997. The second-order valence-corrected chi connectivity index (χ2v) is 4.80. The number of aromatic nitrogens is 2. The van der Waals surface area contributed by atoms with Crippen molar-refractivity contribution in [3.8, 4) is 0 Å². The third-order valence-corrected chi connectivity index (χ3v) is 3.49. The molecule has 0 saturated carbocycles. The van der Waals surface area contributed by atoms with Crippen LogP contribution in [0.5, 0.6) is 0 Å². The molecule has 1 aromatic heterocycles. The largest absolute Gasteiger partial charge is 0.381 e. The minimum Gasteiger partial charge on any atom is -0.381 e. The Morgan fingerprint density at radius 1 is 1.47 bits per heavy atom. The van der Waals surface area contributed by atoms with Crippen LogP contribution in [-0.2, 0) is 0 Å². The van der Waals surface area contributed by atoms with Gasteiger partial charge in [0.05, 0.1) is 11.9 Å². The topological polar surface area (TPSA) is 55.0 Å². The van der Waals surface area contributed by atoms with E-state index in [0.29, 0.717) is 16.3 Å². The fraction of sp³-hybridized carbons (Fsp3) is 0.600. The number of piperidine rings is 1. The molecular weight excluding hydrogens is 256 g/mol. The van der Waals surface area contributed by atoms with E-state index < -0.39 is 0 Å². The van der Waals surface area contributed by atoms with Gasteiger partial charge in [0.1, 0.15) is 4.60 Å². The van der Waals surface area contributed by atoms with Crippen molar-refractivity contribution in [2.24, 2.45) is 0 Å². The minimum absolute atomic E-state index is 0.465. The monoisotopic (exact) mass is 270 g/mol. The van der Waals surface area contributed by atoms with Crippen LogP contribution < -0.4 is 5.73 Å². The number of halogens is 1. The van der Waals surface area contributed by atoms with Gasteiger partial charge in [-0.15, -0.1) is 0 Å². The summed E-state index contributed by atoms with van der Waals surface area (Å²) in [5, 5.41) is 0. The lowest BCUT2D eigenvalue weighted by Crippen LogP contribution is -2.29. The van der Waals surface area contributed by atoms with Gasteiger partial charge in [0.2, 0.25) is 0 Å². The standard InChI is InChI=1S/C10H15BrN4/c1-15-4-2-7(3-5-15)8-6-13-10(12)9(11)14-8/h6-7H,2-5H2,1H3,(H2,12,13). The maximum Gasteiger partial charge on any atom is 0.156 e. The van der Waals surface area contributed by atoms with Crippen LogP contribution in [0.15, 0.2) is 10.8 Å². The fourth-order valence-corrected chi connectivity index (χ4v) is 2.20. The number of nitrogens with two attached hydrogens (primary N) is 1. The van der Waals surface area contributed by atoms with Crippen molar-refractivity contribution in [2.75, 3.05) is 25.9 Å². The lowest BCUT2D eigenvalue weighted by atomic mass is 9.94. The molecule has 1 aliphatic heterocycles. The van der Waals surface area contributed by atoms with E-state index in [4.69, 9.17) is 5.73 Å². The van der Waals surface area contributed by atoms with Gasteiger partial charge in [-0.2, -0.15) is 0 Å². The summed E-state index contributed by atoms with van der Waals surface area (Å²) in [7, 11) is 2.15. The highest BCUT2D eigenvalue weighted by molar-refractivity contribution is 9.10. The molecule has 5 heteroatoms. The van der Waals surface area contributed by atoms with Crippen molar-refractivity contribution in [2.45, 2.75) is 18.8 Å². The molecule has 0 aromatic carbocycles. The van der Waals surface area contributed by atoms with Crippen LogP contribution in [0.2, 0.25) is 0 Å². The number of nitrogens with zero attached hydrogens (tertiary/aromatic N) is 3. The van der Waals surface area contributed by atoms with Gasteiger partial charge in [0, 0.05) is 5.92 Å². The van der Waals surface area contributed by atoms with Gasteiger partial charge in [-0.05, 0) is 48.9 Å². The predicted octanol–water partition coefficient (Wildman–Crippen LogP) is 1.63. The van der Waals surface area contributed by atoms with E-state index >= 15 is 0 Å². The van der Waals surface area contributed by atoms with Crippen LogP contribution in [0.4, 0.5) is 5.82 Å². The number of rotatable bonds is 1. The van der Waals surface area contributed by atoms with Crippen LogP contribution in [0.25, 0.3) is 0 Å². The third-order valence-electron chi connectivity index (χ3n) is 2.91. The molecule has 1 saturated heterocycles. The second-order valence-electron chi connectivity index (χ2n) is 4.05. The van der Waals surface area contributed by atoms with Crippen molar-refractivity contribution in [1.29, 1.82) is 0 Å². The predicted molar refractivity (Wildman–Crippen MR) is 63.6 cm³/mol. The molecule has 0 spiro atoms. The molecule has 1 aromatic rings. The molecule has 2 heterocycles. The molecule has 1 aliphatic rings. The Balaban J connectivity index is 2.12. The van der Waals surface area contributed by atoms with Crippen LogP contribution in [0, 0.1) is 0 Å². The molecule has 4 nitrogen and oxygen atoms in total. The van der Waals surface area contributed by atoms with Gasteiger partial charge in [-0.1, -0.05) is 0 Å². The normalized spacial score (nSPS) is 19.3. The number of hydrogen-bond acceptors (Lipinski definition) is 4. The van der Waals surface area contributed by atoms with Crippen molar-refractivity contribution >= 4 is 21.7 Å². The van der Waals surface area contributed by atoms with E-state index in [9.17, 15) is 0 Å². The van der Waals surface area contributed by atoms with Crippen molar-refractivity contribution in [3.63, 3.8) is 0 Å². The first-order chi connectivity index (χ1) is 7.16. The zero-order valence-corrected chi connectivity index (χ0v) is 10.4. The average molecular weight is 271 g/mol. The van der Waals surface area contributed by atoms with E-state index in [1.807, 2.05) is 0 Å². The molecule has 1 fully saturated rings. The summed E-state index contributed by atoms with van der Waals surface area (Å²) in [6.07, 6.45) is 4.11. The number of nitrogen functional groups attached to an aromatic ring is 1. The Bertz CT molecular complexity index is 347. The molecule has 0 atom stereocenters. The molecule has 82 valence electrons. The third kappa shape index (κ3) is 2.46. The summed E-state index contributed by atoms with van der Waals surface area (Å²) in [6, 6.07) is 0. The van der Waals surface area contributed by atoms with Gasteiger partial charge < -0.3 is 10.6 Å². The van der Waals surface area contributed by atoms with Gasteiger partial charge >= 0.3 is 0 Å². The number of anilines is 1. The highest BCUT2D eigenvalue weighted by Crippen LogP contribution is 2.27. The molecule has 0 amide bonds. The van der Waals surface area contributed by atoms with Crippen LogP contribution in [0.3, 0.4) is 0 Å². The zero-order valence-electron chi connectivity index (χ0n) is 8.78. The number of likely N-dealkylation sites (tertiary alicyclic amines) is 1. The molecule has 0 bridgehead atoms. The van der Waals surface area contributed by atoms with Gasteiger partial charge in [-0.3, -0.25) is 0 Å². The molecule has 2 N–H and O–H groups in total. The van der Waals surface area contributed by atoms with Gasteiger partial charge in [0.25, 0.3) is 0 Å². The quantitative estimate of drug-likeness (QED) is 0.843. The fourth-order valence-electron chi connectivity index (χ4n) is 1.89. The first-order valence-electron chi connectivity index (χ1n) is 5.13. The van der Waals surface area contributed by atoms with Crippen LogP contribution in [0.1, 0.15) is 24.5 Å². The minimum atomic E-state index is 0.465. The van der Waals surface area contributed by atoms with E-state index in [-0.39, 0.29) is 0 Å². The van der Waals surface area contributed by atoms with Gasteiger partial charge in [0.15, 0.2) is 5.82 Å². The smallest absolute Gasteiger partial charge is 0.156 e. The second kappa shape index (κ2) is 4.45. The average Bonchev–Trinajstić information content (AvgIpc) is 2.23. The summed E-state index contributed by atoms with van der Waals surface area (Å²) >= 11 is 3.32. The molecule has 2 rings (SSSR count). The van der Waals surface area contributed by atoms with Crippen molar-refractivity contribution in [1.82, 2.24) is 14.9 Å². The molecule has 0 radical (unpaired) electrons. The van der Waals surface area contributed by atoms with Crippen molar-refractivity contribution in [3.05, 3.63) is 16.5 Å². The first-order valence-corrected chi connectivity index (χ1v) is 5.92. The molecule has 0 aliphatic carbocycles. The number of hydrogen-bond donors (Lipinski definition) is 1. The highest BCUT2D eigenvalue weighted by atomic mass is 79.9. The highest BCUT2D eigenvalue weighted by Gasteiger charge is 2.20. The van der Waals surface area contributed by atoms with E-state index in [1.54, 1.807) is 6.20 Å². The lowest BCUT2D eigenvalue weighted by Gasteiger charge is -2.28. The van der Waals surface area contributed by atoms with Crippen LogP contribution in [-0.4, -0.2) is 35.0 Å². The van der Waals surface area contributed by atoms with Crippen molar-refractivity contribution < 1.29 is 0 Å². The van der Waals surface area contributed by atoms with E-state index in [1.165, 1.54) is 0 Å². The Hall–Kier alpha value is -0.680. The Labute approximate surface area is 98.0 Å². The maximum absolute atomic E-state index is 5.61. The summed E-state index contributed by atoms with van der Waals surface area (Å²) in [6.45, 7) is 2.27.